The number of ether oxygens (including phenoxy) is 4. The second-order valence-corrected chi connectivity index (χ2v) is 16.0. The number of hydrogen-bond acceptors (Lipinski definition) is 14. The molecule has 1 amide bonds. The van der Waals surface area contributed by atoms with Gasteiger partial charge in [-0.05, 0) is 48.6 Å². The lowest BCUT2D eigenvalue weighted by molar-refractivity contribution is -0.343. The zero-order chi connectivity index (χ0) is 38.7. The summed E-state index contributed by atoms with van der Waals surface area (Å²) in [5, 5.41) is 64.4. The number of rotatable bonds is 9. The van der Waals surface area contributed by atoms with Gasteiger partial charge in [0.1, 0.15) is 42.2 Å². The van der Waals surface area contributed by atoms with Crippen LogP contribution in [0.1, 0.15) is 61.8 Å². The van der Waals surface area contributed by atoms with Gasteiger partial charge in [-0.15, -0.1) is 11.3 Å². The van der Waals surface area contributed by atoms with Crippen molar-refractivity contribution in [1.29, 1.82) is 0 Å². The van der Waals surface area contributed by atoms with E-state index in [9.17, 15) is 44.7 Å². The van der Waals surface area contributed by atoms with E-state index in [0.717, 1.165) is 11.3 Å². The number of benzene rings is 1. The molecule has 2 heterocycles. The minimum atomic E-state index is -2.30. The van der Waals surface area contributed by atoms with Crippen LogP contribution in [0.25, 0.3) is 0 Å². The Labute approximate surface area is 310 Å². The fraction of sp³-hybridized carbons (Fsp3) is 0.526. The molecule has 2 saturated carbocycles. The largest absolute Gasteiger partial charge is 0.456 e. The summed E-state index contributed by atoms with van der Waals surface area (Å²) in [6, 6.07) is 9.80. The van der Waals surface area contributed by atoms with Gasteiger partial charge >= 0.3 is 18.0 Å². The van der Waals surface area contributed by atoms with Crippen molar-refractivity contribution >= 4 is 35.2 Å². The smallest absolute Gasteiger partial charge is 0.408 e. The molecule has 1 saturated heterocycles. The average Bonchev–Trinajstić information content (AvgIpc) is 3.66. The van der Waals surface area contributed by atoms with Gasteiger partial charge in [-0.1, -0.05) is 50.8 Å². The van der Waals surface area contributed by atoms with Crippen molar-refractivity contribution in [3.8, 4) is 0 Å². The first-order valence-electron chi connectivity index (χ1n) is 17.3. The standard InChI is InChI=1S/C38H45NO13S/c1-6-14-49-34(46)39-26(22-13-10-15-53-22)28(42)33(45)51-21-17-38(48)31(52-32(44)20-11-8-7-9-12-20)29-36(5,23(40)16-24-37(29,47)18-50-24)30(43)27(41)25(19(21)2)35(38,3)4/h6-13,15,21,23-24,26-29,31,40-42,47-48H,1,14,16-18H2,2-5H3,(H,39,46)/t21-,23-,24+,26-,27+,28+,29-,31-,36+,37-,38+/m0/s1. The van der Waals surface area contributed by atoms with Gasteiger partial charge in [0.2, 0.25) is 0 Å². The van der Waals surface area contributed by atoms with E-state index in [4.69, 9.17) is 18.9 Å². The molecule has 1 aromatic carbocycles. The van der Waals surface area contributed by atoms with Crippen LogP contribution in [0.3, 0.4) is 0 Å². The number of aliphatic hydroxyl groups is 5. The molecule has 2 bridgehead atoms. The Morgan fingerprint density at radius 1 is 1.09 bits per heavy atom. The van der Waals surface area contributed by atoms with Crippen molar-refractivity contribution in [1.82, 2.24) is 5.32 Å². The molecule has 1 aromatic heterocycles. The molecule has 14 nitrogen and oxygen atoms in total. The van der Waals surface area contributed by atoms with Crippen LogP contribution in [0.5, 0.6) is 0 Å². The lowest BCUT2D eigenvalue weighted by atomic mass is 9.44. The summed E-state index contributed by atoms with van der Waals surface area (Å²) in [4.78, 5) is 55.2. The van der Waals surface area contributed by atoms with Crippen molar-refractivity contribution in [2.75, 3.05) is 13.2 Å². The zero-order valence-electron chi connectivity index (χ0n) is 29.8. The summed E-state index contributed by atoms with van der Waals surface area (Å²) < 4.78 is 22.7. The molecule has 3 aliphatic carbocycles. The molecule has 0 radical (unpaired) electrons. The number of nitrogens with one attached hydrogen (secondary N) is 1. The molecule has 6 N–H and O–H groups in total. The molecular formula is C38H45NO13S. The summed E-state index contributed by atoms with van der Waals surface area (Å²) >= 11 is 1.15. The third-order valence-corrected chi connectivity index (χ3v) is 12.8. The molecule has 15 heteroatoms. The Morgan fingerprint density at radius 2 is 1.79 bits per heavy atom. The number of Topliss-reactive ketones (excluding diaryl/α,β-unsaturated/α-hetero) is 1. The number of aliphatic hydroxyl groups excluding tert-OH is 3. The van der Waals surface area contributed by atoms with Gasteiger partial charge in [-0.25, -0.2) is 14.4 Å². The minimum Gasteiger partial charge on any atom is -0.456 e. The quantitative estimate of drug-likeness (QED) is 0.123. The lowest BCUT2D eigenvalue weighted by Crippen LogP contribution is -2.81. The summed E-state index contributed by atoms with van der Waals surface area (Å²) in [5.74, 6) is -4.54. The Morgan fingerprint density at radius 3 is 2.40 bits per heavy atom. The summed E-state index contributed by atoms with van der Waals surface area (Å²) in [5.41, 5.74) is -7.53. The Bertz CT molecular complexity index is 1800. The van der Waals surface area contributed by atoms with E-state index < -0.39 is 101 Å². The van der Waals surface area contributed by atoms with E-state index in [1.807, 2.05) is 0 Å². The number of alkyl carbamates (subject to hydrolysis) is 1. The predicted molar refractivity (Wildman–Crippen MR) is 187 cm³/mol. The van der Waals surface area contributed by atoms with Crippen LogP contribution in [0, 0.1) is 16.7 Å². The van der Waals surface area contributed by atoms with E-state index in [1.54, 1.807) is 49.6 Å². The summed E-state index contributed by atoms with van der Waals surface area (Å²) in [7, 11) is 0. The average molecular weight is 756 g/mol. The van der Waals surface area contributed by atoms with Crippen molar-refractivity contribution < 1.29 is 63.7 Å². The Kier molecular flexibility index (Phi) is 10.3. The summed E-state index contributed by atoms with van der Waals surface area (Å²) in [6.07, 6.45) is -9.91. The molecule has 0 spiro atoms. The lowest BCUT2D eigenvalue weighted by Gasteiger charge is -2.66. The monoisotopic (exact) mass is 755 g/mol. The second-order valence-electron chi connectivity index (χ2n) is 15.0. The van der Waals surface area contributed by atoms with Gasteiger partial charge in [-0.3, -0.25) is 4.79 Å². The van der Waals surface area contributed by atoms with Gasteiger partial charge in [0.15, 0.2) is 11.9 Å². The van der Waals surface area contributed by atoms with Gasteiger partial charge in [0.25, 0.3) is 0 Å². The van der Waals surface area contributed by atoms with Gasteiger partial charge in [0.05, 0.1) is 29.8 Å². The number of fused-ring (bicyclic) bond motifs is 5. The maximum Gasteiger partial charge on any atom is 0.408 e. The Hall–Kier alpha value is -3.96. The Balaban J connectivity index is 1.45. The maximum absolute atomic E-state index is 14.6. The van der Waals surface area contributed by atoms with Crippen LogP contribution in [-0.2, 0) is 28.5 Å². The first-order chi connectivity index (χ1) is 24.9. The van der Waals surface area contributed by atoms with Crippen LogP contribution in [0.4, 0.5) is 4.79 Å². The number of carbonyl (C=O) groups is 4. The number of thiophene rings is 1. The van der Waals surface area contributed by atoms with Crippen molar-refractivity contribution in [2.45, 2.75) is 94.4 Å². The first-order valence-corrected chi connectivity index (χ1v) is 18.2. The maximum atomic E-state index is 14.6. The highest BCUT2D eigenvalue weighted by atomic mass is 32.1. The van der Waals surface area contributed by atoms with E-state index in [-0.39, 0.29) is 36.3 Å². The normalized spacial score (nSPS) is 35.5. The van der Waals surface area contributed by atoms with Crippen LogP contribution in [-0.4, -0.2) is 110 Å². The number of esters is 2. The first kappa shape index (κ1) is 38.8. The fourth-order valence-corrected chi connectivity index (χ4v) is 9.61. The van der Waals surface area contributed by atoms with Crippen LogP contribution < -0.4 is 5.32 Å². The van der Waals surface area contributed by atoms with Crippen molar-refractivity contribution in [3.63, 3.8) is 0 Å². The van der Waals surface area contributed by atoms with Crippen LogP contribution in [0.15, 0.2) is 71.6 Å². The fourth-order valence-electron chi connectivity index (χ4n) is 8.80. The number of hydrogen-bond donors (Lipinski definition) is 6. The molecule has 4 aliphatic rings. The van der Waals surface area contributed by atoms with E-state index in [1.165, 1.54) is 32.1 Å². The second kappa shape index (κ2) is 14.0. The van der Waals surface area contributed by atoms with Gasteiger partial charge in [-0.2, -0.15) is 0 Å². The number of ketones is 1. The molecular weight excluding hydrogens is 710 g/mol. The van der Waals surface area contributed by atoms with E-state index in [2.05, 4.69) is 11.9 Å². The highest BCUT2D eigenvalue weighted by Crippen LogP contribution is 2.63. The SMILES string of the molecule is C=CCOC(=O)N[C@@H](c1cccs1)[C@@H](O)C(=O)O[C@H]1C[C@@]2(O)[C@@H](OC(=O)c3ccccc3)[C@@H]3[C@]4(O)CO[C@@H]4C[C@H](O)[C@@]3(C)C(=O)[C@H](O)C(=C1C)C2(C)C. The zero-order valence-corrected chi connectivity index (χ0v) is 30.6. The van der Waals surface area contributed by atoms with Gasteiger partial charge in [0, 0.05) is 29.1 Å². The molecule has 2 aromatic rings. The van der Waals surface area contributed by atoms with Crippen molar-refractivity contribution in [2.24, 2.45) is 16.7 Å². The van der Waals surface area contributed by atoms with E-state index in [0.29, 0.717) is 4.88 Å². The van der Waals surface area contributed by atoms with E-state index >= 15 is 0 Å². The molecule has 6 rings (SSSR count). The minimum absolute atomic E-state index is 0.0453. The topological polar surface area (TPSA) is 218 Å². The molecule has 53 heavy (non-hydrogen) atoms. The number of amides is 1. The highest BCUT2D eigenvalue weighted by Gasteiger charge is 2.76. The molecule has 3 fully saturated rings. The highest BCUT2D eigenvalue weighted by molar-refractivity contribution is 7.10. The number of carbonyl (C=O) groups excluding carboxylic acids is 4. The molecule has 1 aliphatic heterocycles. The van der Waals surface area contributed by atoms with Crippen LogP contribution >= 0.6 is 11.3 Å². The van der Waals surface area contributed by atoms with Gasteiger partial charge < -0.3 is 49.8 Å². The third kappa shape index (κ3) is 6.12. The molecule has 0 unspecified atom stereocenters. The molecule has 11 atom stereocenters. The molecule has 286 valence electrons. The third-order valence-electron chi connectivity index (χ3n) is 11.9. The van der Waals surface area contributed by atoms with Crippen molar-refractivity contribution in [3.05, 3.63) is 82.1 Å². The summed E-state index contributed by atoms with van der Waals surface area (Å²) in [6.45, 7) is 9.01. The predicted octanol–water partition coefficient (Wildman–Crippen LogP) is 2.14. The van der Waals surface area contributed by atoms with Crippen LogP contribution in [0.2, 0.25) is 0 Å².